The van der Waals surface area contributed by atoms with Crippen molar-refractivity contribution in [2.24, 2.45) is 4.99 Å². The summed E-state index contributed by atoms with van der Waals surface area (Å²) in [6.07, 6.45) is 1.80. The molecule has 3 nitrogen and oxygen atoms in total. The van der Waals surface area contributed by atoms with Crippen molar-refractivity contribution in [2.75, 3.05) is 5.32 Å². The second kappa shape index (κ2) is 6.29. The monoisotopic (exact) mass is 316 g/mol. The average molecular weight is 317 g/mol. The summed E-state index contributed by atoms with van der Waals surface area (Å²) >= 11 is 3.42. The number of carbonyl (C=O) groups excluding carboxylic acids is 1. The quantitative estimate of drug-likeness (QED) is 0.849. The second-order valence-corrected chi connectivity index (χ2v) is 4.96. The highest BCUT2D eigenvalue weighted by Crippen LogP contribution is 2.17. The Labute approximate surface area is 120 Å². The largest absolute Gasteiger partial charge is 0.326 e. The maximum atomic E-state index is 10.9. The number of carbonyl (C=O) groups is 1. The summed E-state index contributed by atoms with van der Waals surface area (Å²) in [5.41, 5.74) is 2.64. The summed E-state index contributed by atoms with van der Waals surface area (Å²) in [6.45, 7) is 1.49. The Morgan fingerprint density at radius 3 is 2.58 bits per heavy atom. The maximum Gasteiger partial charge on any atom is 0.221 e. The predicted molar refractivity (Wildman–Crippen MR) is 82.1 cm³/mol. The summed E-state index contributed by atoms with van der Waals surface area (Å²) < 4.78 is 1.03. The van der Waals surface area contributed by atoms with Crippen LogP contribution in [0.15, 0.2) is 58.0 Å². The molecule has 0 fully saturated rings. The number of anilines is 1. The zero-order valence-corrected chi connectivity index (χ0v) is 12.0. The van der Waals surface area contributed by atoms with Crippen molar-refractivity contribution in [2.45, 2.75) is 6.92 Å². The Balaban J connectivity index is 2.09. The molecule has 0 unspecified atom stereocenters. The molecule has 0 aliphatic rings. The lowest BCUT2D eigenvalue weighted by atomic mass is 10.2. The average Bonchev–Trinajstić information content (AvgIpc) is 2.37. The molecule has 1 N–H and O–H groups in total. The number of nitrogens with one attached hydrogen (secondary N) is 1. The summed E-state index contributed by atoms with van der Waals surface area (Å²) in [5.74, 6) is -0.0783. The Bertz CT molecular complexity index is 606. The van der Waals surface area contributed by atoms with Gasteiger partial charge in [-0.15, -0.1) is 0 Å². The van der Waals surface area contributed by atoms with Crippen molar-refractivity contribution in [3.05, 3.63) is 58.6 Å². The summed E-state index contributed by atoms with van der Waals surface area (Å²) in [5, 5.41) is 2.72. The third kappa shape index (κ3) is 4.34. The van der Waals surface area contributed by atoms with Crippen molar-refractivity contribution < 1.29 is 4.79 Å². The van der Waals surface area contributed by atoms with Crippen LogP contribution in [0.25, 0.3) is 0 Å². The van der Waals surface area contributed by atoms with Crippen molar-refractivity contribution >= 4 is 39.4 Å². The van der Waals surface area contributed by atoms with E-state index in [1.165, 1.54) is 6.92 Å². The van der Waals surface area contributed by atoms with Crippen LogP contribution >= 0.6 is 15.9 Å². The lowest BCUT2D eigenvalue weighted by Gasteiger charge is -2.01. The van der Waals surface area contributed by atoms with Crippen LogP contribution in [0.2, 0.25) is 0 Å². The molecule has 0 saturated carbocycles. The number of benzene rings is 2. The normalized spacial score (nSPS) is 10.6. The lowest BCUT2D eigenvalue weighted by Crippen LogP contribution is -2.04. The number of aliphatic imine (C=N–C) groups is 1. The van der Waals surface area contributed by atoms with Crippen LogP contribution in [0.5, 0.6) is 0 Å². The number of halogens is 1. The molecule has 2 aromatic carbocycles. The second-order valence-electron chi connectivity index (χ2n) is 4.04. The fourth-order valence-corrected chi connectivity index (χ4v) is 1.99. The minimum absolute atomic E-state index is 0.0783. The zero-order valence-electron chi connectivity index (χ0n) is 10.4. The molecule has 2 rings (SSSR count). The fourth-order valence-electron chi connectivity index (χ4n) is 1.57. The third-order valence-electron chi connectivity index (χ3n) is 2.40. The Morgan fingerprint density at radius 2 is 1.95 bits per heavy atom. The number of hydrogen-bond acceptors (Lipinski definition) is 2. The van der Waals surface area contributed by atoms with Crippen molar-refractivity contribution in [1.29, 1.82) is 0 Å². The van der Waals surface area contributed by atoms with Gasteiger partial charge in [-0.1, -0.05) is 28.1 Å². The highest BCUT2D eigenvalue weighted by atomic mass is 79.9. The molecular weight excluding hydrogens is 304 g/mol. The number of hydrogen-bond donors (Lipinski definition) is 1. The van der Waals surface area contributed by atoms with Crippen LogP contribution < -0.4 is 5.32 Å². The first-order valence-corrected chi connectivity index (χ1v) is 6.60. The van der Waals surface area contributed by atoms with Gasteiger partial charge < -0.3 is 5.32 Å². The van der Waals surface area contributed by atoms with Gasteiger partial charge in [0, 0.05) is 23.3 Å². The first kappa shape index (κ1) is 13.5. The first-order valence-electron chi connectivity index (χ1n) is 5.81. The lowest BCUT2D eigenvalue weighted by molar-refractivity contribution is -0.114. The molecule has 0 aromatic heterocycles. The SMILES string of the molecule is CC(=O)Nc1ccc(N=Cc2cccc(Br)c2)cc1. The standard InChI is InChI=1S/C15H13BrN2O/c1-11(19)18-15-7-5-14(6-8-15)17-10-12-3-2-4-13(16)9-12/h2-10H,1H3,(H,18,19). The van der Waals surface area contributed by atoms with E-state index in [2.05, 4.69) is 26.2 Å². The van der Waals surface area contributed by atoms with Gasteiger partial charge in [0.25, 0.3) is 0 Å². The van der Waals surface area contributed by atoms with Crippen LogP contribution in [0.1, 0.15) is 12.5 Å². The van der Waals surface area contributed by atoms with Crippen molar-refractivity contribution in [3.8, 4) is 0 Å². The highest BCUT2D eigenvalue weighted by molar-refractivity contribution is 9.10. The minimum atomic E-state index is -0.0783. The number of rotatable bonds is 3. The summed E-state index contributed by atoms with van der Waals surface area (Å²) in [7, 11) is 0. The summed E-state index contributed by atoms with van der Waals surface area (Å²) in [6, 6.07) is 15.3. The topological polar surface area (TPSA) is 41.5 Å². The molecule has 0 aliphatic carbocycles. The first-order chi connectivity index (χ1) is 9.13. The van der Waals surface area contributed by atoms with Gasteiger partial charge in [0.1, 0.15) is 0 Å². The van der Waals surface area contributed by atoms with E-state index in [1.807, 2.05) is 48.5 Å². The van der Waals surface area contributed by atoms with E-state index in [-0.39, 0.29) is 5.91 Å². The maximum absolute atomic E-state index is 10.9. The highest BCUT2D eigenvalue weighted by Gasteiger charge is 1.95. The molecular formula is C15H13BrN2O. The van der Waals surface area contributed by atoms with Gasteiger partial charge in [-0.25, -0.2) is 0 Å². The van der Waals surface area contributed by atoms with Gasteiger partial charge in [0.15, 0.2) is 0 Å². The van der Waals surface area contributed by atoms with Gasteiger partial charge in [0.2, 0.25) is 5.91 Å². The molecule has 0 bridgehead atoms. The Morgan fingerprint density at radius 1 is 1.21 bits per heavy atom. The molecule has 1 amide bonds. The molecule has 96 valence electrons. The minimum Gasteiger partial charge on any atom is -0.326 e. The fraction of sp³-hybridized carbons (Fsp3) is 0.0667. The molecule has 19 heavy (non-hydrogen) atoms. The van der Waals surface area contributed by atoms with Crippen LogP contribution in [-0.2, 0) is 4.79 Å². The molecule has 0 atom stereocenters. The molecule has 2 aromatic rings. The zero-order chi connectivity index (χ0) is 13.7. The van der Waals surface area contributed by atoms with Gasteiger partial charge in [-0.3, -0.25) is 9.79 Å². The van der Waals surface area contributed by atoms with E-state index in [1.54, 1.807) is 6.21 Å². The molecule has 0 saturated heterocycles. The molecule has 0 heterocycles. The third-order valence-corrected chi connectivity index (χ3v) is 2.89. The van der Waals surface area contributed by atoms with Crippen molar-refractivity contribution in [1.82, 2.24) is 0 Å². The van der Waals surface area contributed by atoms with Crippen molar-refractivity contribution in [3.63, 3.8) is 0 Å². The molecule has 0 aliphatic heterocycles. The van der Waals surface area contributed by atoms with E-state index in [4.69, 9.17) is 0 Å². The van der Waals surface area contributed by atoms with Gasteiger partial charge in [-0.2, -0.15) is 0 Å². The van der Waals surface area contributed by atoms with E-state index in [9.17, 15) is 4.79 Å². The van der Waals surface area contributed by atoms with E-state index >= 15 is 0 Å². The summed E-state index contributed by atoms with van der Waals surface area (Å²) in [4.78, 5) is 15.3. The van der Waals surface area contributed by atoms with Crippen LogP contribution in [0.4, 0.5) is 11.4 Å². The number of nitrogens with zero attached hydrogens (tertiary/aromatic N) is 1. The van der Waals surface area contributed by atoms with Crippen LogP contribution in [-0.4, -0.2) is 12.1 Å². The van der Waals surface area contributed by atoms with Crippen LogP contribution in [0.3, 0.4) is 0 Å². The molecule has 0 spiro atoms. The van der Waals surface area contributed by atoms with E-state index in [0.717, 1.165) is 21.4 Å². The van der Waals surface area contributed by atoms with Gasteiger partial charge in [-0.05, 0) is 42.0 Å². The van der Waals surface area contributed by atoms with Crippen LogP contribution in [0, 0.1) is 0 Å². The molecule has 0 radical (unpaired) electrons. The van der Waals surface area contributed by atoms with E-state index in [0.29, 0.717) is 0 Å². The smallest absolute Gasteiger partial charge is 0.221 e. The Hall–Kier alpha value is -1.94. The molecule has 4 heteroatoms. The van der Waals surface area contributed by atoms with E-state index < -0.39 is 0 Å². The Kier molecular flexibility index (Phi) is 4.47. The predicted octanol–water partition coefficient (Wildman–Crippen LogP) is 4.16. The van der Waals surface area contributed by atoms with Gasteiger partial charge in [0.05, 0.1) is 5.69 Å². The van der Waals surface area contributed by atoms with Gasteiger partial charge >= 0.3 is 0 Å². The number of amides is 1.